The molecule has 2 aromatic heterocycles. The summed E-state index contributed by atoms with van der Waals surface area (Å²) in [6.07, 6.45) is 2.31. The van der Waals surface area contributed by atoms with Crippen LogP contribution in [0.2, 0.25) is 0 Å². The lowest BCUT2D eigenvalue weighted by Crippen LogP contribution is -2.23. The fourth-order valence-corrected chi connectivity index (χ4v) is 8.48. The standard InChI is InChI=1S/C42H43N5O3S/c1-25(2)30-22-34(26(3)4)40(35(23-30)27(5)6)51(49,50)46-44-24-29-16-14-28(15-17-29)20-21-43-36-19-18-33-39-31(36)10-9-11-32(39)41-45-37-12-7-8-13-38(37)47(41)42(33)48/h7-19,22-27,43,46H,20-21H2,1-6H3. The Balaban J connectivity index is 1.05. The van der Waals surface area contributed by atoms with Crippen molar-refractivity contribution in [2.45, 2.75) is 70.6 Å². The Bertz CT molecular complexity index is 2580. The molecule has 7 rings (SSSR count). The van der Waals surface area contributed by atoms with Crippen molar-refractivity contribution in [3.63, 3.8) is 0 Å². The molecule has 0 aliphatic heterocycles. The Morgan fingerprint density at radius 3 is 2.16 bits per heavy atom. The van der Waals surface area contributed by atoms with Crippen molar-refractivity contribution in [1.29, 1.82) is 0 Å². The number of imidazole rings is 1. The maximum Gasteiger partial charge on any atom is 0.277 e. The molecule has 0 radical (unpaired) electrons. The van der Waals surface area contributed by atoms with Crippen molar-refractivity contribution in [1.82, 2.24) is 14.2 Å². The zero-order valence-corrected chi connectivity index (χ0v) is 30.7. The Labute approximate surface area is 298 Å². The van der Waals surface area contributed by atoms with Crippen LogP contribution < -0.4 is 15.7 Å². The van der Waals surface area contributed by atoms with Crippen LogP contribution in [0.3, 0.4) is 0 Å². The van der Waals surface area contributed by atoms with Gasteiger partial charge in [0.2, 0.25) is 0 Å². The van der Waals surface area contributed by atoms with E-state index in [4.69, 9.17) is 4.98 Å². The van der Waals surface area contributed by atoms with Crippen molar-refractivity contribution < 1.29 is 8.42 Å². The van der Waals surface area contributed by atoms with Crippen molar-refractivity contribution in [2.75, 3.05) is 11.9 Å². The van der Waals surface area contributed by atoms with Crippen LogP contribution in [-0.2, 0) is 16.4 Å². The molecule has 260 valence electrons. The van der Waals surface area contributed by atoms with E-state index in [1.807, 2.05) is 119 Å². The van der Waals surface area contributed by atoms with Crippen molar-refractivity contribution in [2.24, 2.45) is 5.10 Å². The smallest absolute Gasteiger partial charge is 0.277 e. The molecule has 0 aliphatic carbocycles. The molecule has 0 spiro atoms. The minimum Gasteiger partial charge on any atom is -0.384 e. The van der Waals surface area contributed by atoms with Gasteiger partial charge in [-0.25, -0.2) is 9.82 Å². The van der Waals surface area contributed by atoms with Crippen LogP contribution in [0.1, 0.15) is 87.1 Å². The van der Waals surface area contributed by atoms with Gasteiger partial charge in [0.15, 0.2) is 0 Å². The highest BCUT2D eigenvalue weighted by molar-refractivity contribution is 7.89. The second-order valence-corrected chi connectivity index (χ2v) is 15.8. The van der Waals surface area contributed by atoms with Gasteiger partial charge in [0.1, 0.15) is 5.65 Å². The van der Waals surface area contributed by atoms with Crippen molar-refractivity contribution in [3.8, 4) is 0 Å². The summed E-state index contributed by atoms with van der Waals surface area (Å²) in [6.45, 7) is 13.0. The molecule has 0 aliphatic rings. The number of hydrogen-bond donors (Lipinski definition) is 2. The normalized spacial score (nSPS) is 12.6. The molecule has 0 atom stereocenters. The largest absolute Gasteiger partial charge is 0.384 e. The van der Waals surface area contributed by atoms with E-state index in [0.717, 1.165) is 67.1 Å². The molecular weight excluding hydrogens is 655 g/mol. The van der Waals surface area contributed by atoms with Gasteiger partial charge < -0.3 is 5.32 Å². The first-order valence-corrected chi connectivity index (χ1v) is 19.1. The van der Waals surface area contributed by atoms with E-state index in [-0.39, 0.29) is 17.4 Å². The van der Waals surface area contributed by atoms with Gasteiger partial charge >= 0.3 is 0 Å². The third kappa shape index (κ3) is 6.31. The van der Waals surface area contributed by atoms with Crippen LogP contribution in [0.15, 0.2) is 106 Å². The van der Waals surface area contributed by atoms with E-state index < -0.39 is 10.0 Å². The molecule has 51 heavy (non-hydrogen) atoms. The molecule has 0 unspecified atom stereocenters. The predicted octanol–water partition coefficient (Wildman–Crippen LogP) is 8.93. The number of rotatable bonds is 11. The average molecular weight is 698 g/mol. The average Bonchev–Trinajstić information content (AvgIpc) is 3.51. The van der Waals surface area contributed by atoms with Gasteiger partial charge in [0.05, 0.1) is 22.1 Å². The van der Waals surface area contributed by atoms with E-state index in [1.165, 1.54) is 6.21 Å². The molecule has 0 saturated carbocycles. The minimum atomic E-state index is -3.89. The van der Waals surface area contributed by atoms with E-state index in [0.29, 0.717) is 28.4 Å². The first kappa shape index (κ1) is 34.2. The fourth-order valence-electron chi connectivity index (χ4n) is 6.99. The van der Waals surface area contributed by atoms with Gasteiger partial charge in [0, 0.05) is 33.8 Å². The number of benzene rings is 5. The van der Waals surface area contributed by atoms with E-state index in [2.05, 4.69) is 29.1 Å². The number of hydrazone groups is 1. The molecule has 0 bridgehead atoms. The Hall–Kier alpha value is -5.28. The fraction of sp³-hybridized carbons (Fsp3) is 0.262. The number of sulfonamides is 1. The lowest BCUT2D eigenvalue weighted by molar-refractivity contribution is 0.579. The summed E-state index contributed by atoms with van der Waals surface area (Å²) in [6, 6.07) is 29.7. The zero-order valence-electron chi connectivity index (χ0n) is 29.9. The number of aromatic nitrogens is 2. The quantitative estimate of drug-likeness (QED) is 0.104. The maximum atomic E-state index is 13.7. The van der Waals surface area contributed by atoms with Gasteiger partial charge in [-0.05, 0) is 76.3 Å². The summed E-state index contributed by atoms with van der Waals surface area (Å²) in [4.78, 5) is 21.3. The molecular formula is C42H43N5O3S. The van der Waals surface area contributed by atoms with Crippen molar-refractivity contribution >= 4 is 60.2 Å². The second-order valence-electron chi connectivity index (χ2n) is 14.2. The zero-order chi connectivity index (χ0) is 36.0. The van der Waals surface area contributed by atoms with Gasteiger partial charge in [-0.3, -0.25) is 9.20 Å². The van der Waals surface area contributed by atoms with Gasteiger partial charge in [0.25, 0.3) is 15.6 Å². The molecule has 9 heteroatoms. The summed E-state index contributed by atoms with van der Waals surface area (Å²) in [5.41, 5.74) is 7.87. The first-order chi connectivity index (χ1) is 24.4. The number of para-hydroxylation sites is 2. The Kier molecular flexibility index (Phi) is 9.01. The Morgan fingerprint density at radius 2 is 1.47 bits per heavy atom. The number of hydrogen-bond acceptors (Lipinski definition) is 6. The third-order valence-corrected chi connectivity index (χ3v) is 11.1. The molecule has 0 saturated heterocycles. The number of fused-ring (bicyclic) bond motifs is 4. The molecule has 2 heterocycles. The van der Waals surface area contributed by atoms with Gasteiger partial charge in [-0.2, -0.15) is 13.5 Å². The highest BCUT2D eigenvalue weighted by Crippen LogP contribution is 2.36. The predicted molar refractivity (Wildman–Crippen MR) is 210 cm³/mol. The third-order valence-electron chi connectivity index (χ3n) is 9.72. The van der Waals surface area contributed by atoms with Crippen LogP contribution in [-0.4, -0.2) is 30.6 Å². The minimum absolute atomic E-state index is 0.0377. The SMILES string of the molecule is CC(C)c1cc(C(C)C)c(S(=O)(=O)NN=Cc2ccc(CCNc3ccc4c(=O)n5c6ccccc6nc5c5cccc3c45)cc2)c(C(C)C)c1. The summed E-state index contributed by atoms with van der Waals surface area (Å²) in [7, 11) is -3.89. The summed E-state index contributed by atoms with van der Waals surface area (Å²) in [5.74, 6) is 0.368. The highest BCUT2D eigenvalue weighted by Gasteiger charge is 2.27. The van der Waals surface area contributed by atoms with E-state index in [1.54, 1.807) is 4.40 Å². The topological polar surface area (TPSA) is 105 Å². The van der Waals surface area contributed by atoms with Gasteiger partial charge in [-0.1, -0.05) is 108 Å². The second kappa shape index (κ2) is 13.5. The van der Waals surface area contributed by atoms with E-state index >= 15 is 0 Å². The van der Waals surface area contributed by atoms with Crippen molar-refractivity contribution in [3.05, 3.63) is 129 Å². The highest BCUT2D eigenvalue weighted by atomic mass is 32.2. The number of anilines is 1. The Morgan fingerprint density at radius 1 is 0.784 bits per heavy atom. The van der Waals surface area contributed by atoms with Crippen LogP contribution >= 0.6 is 0 Å². The number of nitrogens with zero attached hydrogens (tertiary/aromatic N) is 3. The number of pyridine rings is 1. The summed E-state index contributed by atoms with van der Waals surface area (Å²) < 4.78 is 29.0. The molecule has 7 aromatic rings. The van der Waals surface area contributed by atoms with E-state index in [9.17, 15) is 13.2 Å². The van der Waals surface area contributed by atoms with Crippen LogP contribution in [0, 0.1) is 0 Å². The molecule has 8 nitrogen and oxygen atoms in total. The first-order valence-electron chi connectivity index (χ1n) is 17.6. The van der Waals surface area contributed by atoms with Gasteiger partial charge in [-0.15, -0.1) is 0 Å². The van der Waals surface area contributed by atoms with Crippen LogP contribution in [0.4, 0.5) is 5.69 Å². The molecule has 0 amide bonds. The maximum absolute atomic E-state index is 13.7. The van der Waals surface area contributed by atoms with Crippen LogP contribution in [0.5, 0.6) is 0 Å². The summed E-state index contributed by atoms with van der Waals surface area (Å²) in [5, 5.41) is 11.3. The molecule has 2 N–H and O–H groups in total. The lowest BCUT2D eigenvalue weighted by atomic mass is 9.89. The molecule has 0 fully saturated rings. The number of nitrogens with one attached hydrogen (secondary N) is 2. The van der Waals surface area contributed by atoms with Crippen LogP contribution in [0.25, 0.3) is 38.2 Å². The summed E-state index contributed by atoms with van der Waals surface area (Å²) >= 11 is 0. The lowest BCUT2D eigenvalue weighted by Gasteiger charge is -2.22. The molecule has 5 aromatic carbocycles. The monoisotopic (exact) mass is 697 g/mol.